The maximum Gasteiger partial charge on any atom is 0.313 e. The molecule has 0 aromatic rings. The fourth-order valence-electron chi connectivity index (χ4n) is 2.86. The molecular weight excluding hydrogens is 235 g/mol. The maximum absolute atomic E-state index is 11.2. The zero-order chi connectivity index (χ0) is 11.1. The van der Waals surface area contributed by atoms with E-state index in [4.69, 9.17) is 23.2 Å². The molecule has 0 aromatic heterocycles. The van der Waals surface area contributed by atoms with Crippen LogP contribution in [-0.4, -0.2) is 15.9 Å². The summed E-state index contributed by atoms with van der Waals surface area (Å²) in [5.74, 6) is 0.191. The van der Waals surface area contributed by atoms with Gasteiger partial charge < -0.3 is 5.11 Å². The average molecular weight is 249 g/mol. The van der Waals surface area contributed by atoms with Gasteiger partial charge >= 0.3 is 5.97 Å². The number of hydrogen-bond acceptors (Lipinski definition) is 1. The minimum absolute atomic E-state index is 0.325. The van der Waals surface area contributed by atoms with E-state index in [1.807, 2.05) is 6.08 Å². The minimum Gasteiger partial charge on any atom is -0.481 e. The zero-order valence-electron chi connectivity index (χ0n) is 8.33. The van der Waals surface area contributed by atoms with E-state index in [9.17, 15) is 9.90 Å². The van der Waals surface area contributed by atoms with Gasteiger partial charge in [0.2, 0.25) is 0 Å². The molecule has 0 spiro atoms. The normalized spacial score (nSPS) is 37.8. The van der Waals surface area contributed by atoms with Crippen molar-refractivity contribution >= 4 is 29.2 Å². The van der Waals surface area contributed by atoms with Crippen LogP contribution in [-0.2, 0) is 4.79 Å². The van der Waals surface area contributed by atoms with Crippen LogP contribution in [0.5, 0.6) is 0 Å². The van der Waals surface area contributed by atoms with E-state index in [2.05, 4.69) is 6.08 Å². The molecule has 3 unspecified atom stereocenters. The molecule has 84 valence electrons. The SMILES string of the molecule is O=C(O)C12C=CC(C1)C(CCC(Cl)Cl)C2. The molecule has 0 saturated heterocycles. The fourth-order valence-corrected chi connectivity index (χ4v) is 3.11. The number of fused-ring (bicyclic) bond motifs is 2. The number of carbonyl (C=O) groups is 1. The van der Waals surface area contributed by atoms with E-state index < -0.39 is 11.4 Å². The van der Waals surface area contributed by atoms with Gasteiger partial charge in [-0.05, 0) is 37.5 Å². The van der Waals surface area contributed by atoms with Gasteiger partial charge in [-0.25, -0.2) is 0 Å². The van der Waals surface area contributed by atoms with Crippen molar-refractivity contribution in [1.82, 2.24) is 0 Å². The Hall–Kier alpha value is -0.210. The third kappa shape index (κ3) is 2.02. The summed E-state index contributed by atoms with van der Waals surface area (Å²) in [7, 11) is 0. The average Bonchev–Trinajstić information content (AvgIpc) is 2.72. The minimum atomic E-state index is -0.683. The number of carboxylic acids is 1. The van der Waals surface area contributed by atoms with E-state index in [-0.39, 0.29) is 4.84 Å². The molecule has 0 aliphatic heterocycles. The Balaban J connectivity index is 1.98. The molecule has 4 heteroatoms. The second-order valence-corrected chi connectivity index (χ2v) is 5.90. The van der Waals surface area contributed by atoms with Crippen LogP contribution < -0.4 is 0 Å². The molecule has 1 fully saturated rings. The van der Waals surface area contributed by atoms with Crippen LogP contribution in [0.1, 0.15) is 25.7 Å². The summed E-state index contributed by atoms with van der Waals surface area (Å²) in [6.45, 7) is 0. The van der Waals surface area contributed by atoms with E-state index >= 15 is 0 Å². The highest BCUT2D eigenvalue weighted by Crippen LogP contribution is 2.54. The van der Waals surface area contributed by atoms with Crippen LogP contribution >= 0.6 is 23.2 Å². The molecule has 0 radical (unpaired) electrons. The number of carboxylic acid groups (broad SMARTS) is 1. The lowest BCUT2D eigenvalue weighted by atomic mass is 9.83. The summed E-state index contributed by atoms with van der Waals surface area (Å²) in [6, 6.07) is 0. The zero-order valence-corrected chi connectivity index (χ0v) is 9.84. The lowest BCUT2D eigenvalue weighted by Gasteiger charge is -2.22. The second-order valence-electron chi connectivity index (χ2n) is 4.62. The van der Waals surface area contributed by atoms with Crippen molar-refractivity contribution in [2.75, 3.05) is 0 Å². The summed E-state index contributed by atoms with van der Waals surface area (Å²) in [5, 5.41) is 9.18. The van der Waals surface area contributed by atoms with Crippen LogP contribution in [0.25, 0.3) is 0 Å². The number of allylic oxidation sites excluding steroid dienone is 1. The maximum atomic E-state index is 11.2. The van der Waals surface area contributed by atoms with Gasteiger partial charge in [-0.2, -0.15) is 0 Å². The molecule has 2 nitrogen and oxygen atoms in total. The Kier molecular flexibility index (Phi) is 3.00. The molecule has 0 aromatic carbocycles. The number of halogens is 2. The molecule has 1 N–H and O–H groups in total. The predicted octanol–water partition coefficient (Wildman–Crippen LogP) is 3.24. The highest BCUT2D eigenvalue weighted by molar-refractivity contribution is 6.44. The molecule has 2 rings (SSSR count). The summed E-state index contributed by atoms with van der Waals surface area (Å²) in [4.78, 5) is 10.8. The highest BCUT2D eigenvalue weighted by atomic mass is 35.5. The van der Waals surface area contributed by atoms with Crippen molar-refractivity contribution in [3.05, 3.63) is 12.2 Å². The molecule has 0 heterocycles. The van der Waals surface area contributed by atoms with Crippen molar-refractivity contribution in [1.29, 1.82) is 0 Å². The van der Waals surface area contributed by atoms with Gasteiger partial charge in [0.15, 0.2) is 0 Å². The van der Waals surface area contributed by atoms with Gasteiger partial charge in [0, 0.05) is 0 Å². The Morgan fingerprint density at radius 3 is 2.80 bits per heavy atom. The number of alkyl halides is 2. The van der Waals surface area contributed by atoms with Crippen LogP contribution in [0.3, 0.4) is 0 Å². The lowest BCUT2D eigenvalue weighted by Crippen LogP contribution is -2.25. The summed E-state index contributed by atoms with van der Waals surface area (Å²) in [5.41, 5.74) is -0.580. The fraction of sp³-hybridized carbons (Fsp3) is 0.727. The summed E-state index contributed by atoms with van der Waals surface area (Å²) >= 11 is 11.4. The molecular formula is C11H14Cl2O2. The smallest absolute Gasteiger partial charge is 0.313 e. The first-order valence-corrected chi connectivity index (χ1v) is 6.12. The standard InChI is InChI=1S/C11H14Cl2O2/c12-9(13)2-1-7-5-11(10(14)15)4-3-8(7)6-11/h3-4,7-9H,1-2,5-6H2,(H,14,15). The van der Waals surface area contributed by atoms with Crippen LogP contribution in [0.2, 0.25) is 0 Å². The van der Waals surface area contributed by atoms with Crippen molar-refractivity contribution in [3.8, 4) is 0 Å². The number of aliphatic carboxylic acids is 1. The Morgan fingerprint density at radius 1 is 1.53 bits per heavy atom. The van der Waals surface area contributed by atoms with Gasteiger partial charge in [0.05, 0.1) is 5.41 Å². The van der Waals surface area contributed by atoms with Crippen molar-refractivity contribution in [2.45, 2.75) is 30.5 Å². The first kappa shape index (κ1) is 11.3. The molecule has 0 amide bonds. The predicted molar refractivity (Wildman–Crippen MR) is 60.2 cm³/mol. The van der Waals surface area contributed by atoms with Gasteiger partial charge in [-0.15, -0.1) is 23.2 Å². The Bertz CT molecular complexity index is 301. The third-order valence-corrected chi connectivity index (χ3v) is 4.11. The van der Waals surface area contributed by atoms with Crippen LogP contribution in [0.4, 0.5) is 0 Å². The summed E-state index contributed by atoms with van der Waals surface area (Å²) in [6.07, 6.45) is 7.14. The molecule has 2 aliphatic rings. The Labute approximate surface area is 99.2 Å². The molecule has 1 saturated carbocycles. The summed E-state index contributed by atoms with van der Waals surface area (Å²) < 4.78 is 0. The van der Waals surface area contributed by atoms with Crippen molar-refractivity contribution in [2.24, 2.45) is 17.3 Å². The van der Waals surface area contributed by atoms with Gasteiger partial charge in [0.25, 0.3) is 0 Å². The number of rotatable bonds is 4. The molecule has 2 aliphatic carbocycles. The van der Waals surface area contributed by atoms with Crippen LogP contribution in [0.15, 0.2) is 12.2 Å². The van der Waals surface area contributed by atoms with Gasteiger partial charge in [0.1, 0.15) is 4.84 Å². The topological polar surface area (TPSA) is 37.3 Å². The number of hydrogen-bond donors (Lipinski definition) is 1. The first-order chi connectivity index (χ1) is 7.03. The quantitative estimate of drug-likeness (QED) is 0.613. The first-order valence-electron chi connectivity index (χ1n) is 5.24. The highest BCUT2D eigenvalue weighted by Gasteiger charge is 2.51. The second kappa shape index (κ2) is 3.99. The van der Waals surface area contributed by atoms with Gasteiger partial charge in [-0.1, -0.05) is 12.2 Å². The molecule has 2 bridgehead atoms. The van der Waals surface area contributed by atoms with E-state index in [1.165, 1.54) is 0 Å². The van der Waals surface area contributed by atoms with E-state index in [0.717, 1.165) is 25.7 Å². The lowest BCUT2D eigenvalue weighted by molar-refractivity contribution is -0.145. The third-order valence-electron chi connectivity index (χ3n) is 3.68. The van der Waals surface area contributed by atoms with Crippen molar-refractivity contribution < 1.29 is 9.90 Å². The monoisotopic (exact) mass is 248 g/mol. The van der Waals surface area contributed by atoms with E-state index in [1.54, 1.807) is 0 Å². The Morgan fingerprint density at radius 2 is 2.27 bits per heavy atom. The van der Waals surface area contributed by atoms with Gasteiger partial charge in [-0.3, -0.25) is 4.79 Å². The van der Waals surface area contributed by atoms with E-state index in [0.29, 0.717) is 11.8 Å². The van der Waals surface area contributed by atoms with Crippen molar-refractivity contribution in [3.63, 3.8) is 0 Å². The van der Waals surface area contributed by atoms with Crippen LogP contribution in [0, 0.1) is 17.3 Å². The largest absolute Gasteiger partial charge is 0.481 e. The molecule has 15 heavy (non-hydrogen) atoms. The molecule has 3 atom stereocenters.